The van der Waals surface area contributed by atoms with Gasteiger partial charge in [-0.3, -0.25) is 9.69 Å². The Balaban J connectivity index is 1.66. The highest BCUT2D eigenvalue weighted by molar-refractivity contribution is 5.96. The number of piperazine rings is 1. The van der Waals surface area contributed by atoms with E-state index >= 15 is 0 Å². The zero-order valence-corrected chi connectivity index (χ0v) is 10.7. The zero-order valence-electron chi connectivity index (χ0n) is 10.7. The van der Waals surface area contributed by atoms with E-state index in [1.807, 2.05) is 35.2 Å². The van der Waals surface area contributed by atoms with E-state index in [1.54, 1.807) is 0 Å². The third-order valence-corrected chi connectivity index (χ3v) is 4.24. The van der Waals surface area contributed by atoms with Crippen LogP contribution in [0.5, 0.6) is 0 Å². The van der Waals surface area contributed by atoms with Gasteiger partial charge in [-0.15, -0.1) is 0 Å². The number of benzene rings is 1. The van der Waals surface area contributed by atoms with Gasteiger partial charge in [-0.2, -0.15) is 0 Å². The summed E-state index contributed by atoms with van der Waals surface area (Å²) in [5, 5.41) is 0.996. The molecule has 2 aromatic rings. The number of para-hydroxylation sites is 1. The first-order valence-corrected chi connectivity index (χ1v) is 6.83. The van der Waals surface area contributed by atoms with E-state index in [0.29, 0.717) is 11.8 Å². The van der Waals surface area contributed by atoms with E-state index in [1.165, 1.54) is 0 Å². The highest BCUT2D eigenvalue weighted by atomic mass is 16.3. The molecule has 0 aliphatic carbocycles. The predicted molar refractivity (Wildman–Crippen MR) is 72.1 cm³/mol. The second-order valence-electron chi connectivity index (χ2n) is 5.39. The van der Waals surface area contributed by atoms with E-state index in [-0.39, 0.29) is 5.91 Å². The largest absolute Gasteiger partial charge is 0.451 e. The summed E-state index contributed by atoms with van der Waals surface area (Å²) >= 11 is 0. The summed E-state index contributed by atoms with van der Waals surface area (Å²) in [6, 6.07) is 9.99. The molecule has 1 amide bonds. The van der Waals surface area contributed by atoms with Crippen LogP contribution in [-0.2, 0) is 0 Å². The van der Waals surface area contributed by atoms with Gasteiger partial charge >= 0.3 is 0 Å². The Hall–Kier alpha value is -1.81. The maximum absolute atomic E-state index is 12.6. The van der Waals surface area contributed by atoms with Crippen molar-refractivity contribution in [1.82, 2.24) is 9.80 Å². The van der Waals surface area contributed by atoms with Crippen LogP contribution in [0.1, 0.15) is 17.0 Å². The van der Waals surface area contributed by atoms with E-state index < -0.39 is 0 Å². The molecular weight excluding hydrogens is 240 g/mol. The van der Waals surface area contributed by atoms with Crippen LogP contribution in [0.2, 0.25) is 0 Å². The predicted octanol–water partition coefficient (Wildman–Crippen LogP) is 1.96. The third kappa shape index (κ3) is 1.75. The molecule has 2 atom stereocenters. The minimum Gasteiger partial charge on any atom is -0.451 e. The molecule has 2 aliphatic rings. The van der Waals surface area contributed by atoms with Gasteiger partial charge in [-0.05, 0) is 18.6 Å². The van der Waals surface area contributed by atoms with Crippen LogP contribution in [0.25, 0.3) is 11.0 Å². The van der Waals surface area contributed by atoms with Crippen LogP contribution in [0, 0.1) is 0 Å². The fourth-order valence-electron chi connectivity index (χ4n) is 3.20. The van der Waals surface area contributed by atoms with Crippen LogP contribution in [0.15, 0.2) is 34.7 Å². The van der Waals surface area contributed by atoms with Gasteiger partial charge in [0, 0.05) is 37.6 Å². The number of carbonyl (C=O) groups excluding carboxylic acids is 1. The van der Waals surface area contributed by atoms with Crippen molar-refractivity contribution in [1.29, 1.82) is 0 Å². The fraction of sp³-hybridized carbons (Fsp3) is 0.400. The van der Waals surface area contributed by atoms with Gasteiger partial charge < -0.3 is 9.32 Å². The lowest BCUT2D eigenvalue weighted by Crippen LogP contribution is -2.49. The Morgan fingerprint density at radius 1 is 1.21 bits per heavy atom. The summed E-state index contributed by atoms with van der Waals surface area (Å²) in [6.45, 7) is 3.95. The molecule has 1 aromatic carbocycles. The highest BCUT2D eigenvalue weighted by Crippen LogP contribution is 2.25. The van der Waals surface area contributed by atoms with Gasteiger partial charge in [0.1, 0.15) is 5.58 Å². The lowest BCUT2D eigenvalue weighted by atomic mass is 10.2. The first kappa shape index (κ1) is 11.1. The summed E-state index contributed by atoms with van der Waals surface area (Å²) in [4.78, 5) is 17.0. The van der Waals surface area contributed by atoms with Crippen molar-refractivity contribution in [3.63, 3.8) is 0 Å². The monoisotopic (exact) mass is 256 g/mol. The van der Waals surface area contributed by atoms with E-state index in [2.05, 4.69) is 4.90 Å². The molecule has 19 heavy (non-hydrogen) atoms. The van der Waals surface area contributed by atoms with Gasteiger partial charge in [0.05, 0.1) is 0 Å². The summed E-state index contributed by atoms with van der Waals surface area (Å²) in [5.41, 5.74) is 0.788. The number of hydrogen-bond donors (Lipinski definition) is 0. The Morgan fingerprint density at radius 3 is 3.00 bits per heavy atom. The van der Waals surface area contributed by atoms with Crippen LogP contribution < -0.4 is 0 Å². The number of hydrogen-bond acceptors (Lipinski definition) is 3. The first-order valence-electron chi connectivity index (χ1n) is 6.83. The van der Waals surface area contributed by atoms with Gasteiger partial charge in [-0.1, -0.05) is 18.2 Å². The van der Waals surface area contributed by atoms with Crippen LogP contribution in [0.3, 0.4) is 0 Å². The smallest absolute Gasteiger partial charge is 0.289 e. The zero-order chi connectivity index (χ0) is 12.8. The lowest BCUT2D eigenvalue weighted by molar-refractivity contribution is 0.0580. The molecule has 2 unspecified atom stereocenters. The molecule has 3 heterocycles. The van der Waals surface area contributed by atoms with Gasteiger partial charge in [-0.25, -0.2) is 0 Å². The molecule has 0 saturated carbocycles. The number of carbonyl (C=O) groups is 1. The normalized spacial score (nSPS) is 26.0. The average molecular weight is 256 g/mol. The molecule has 98 valence electrons. The summed E-state index contributed by atoms with van der Waals surface area (Å²) in [6.07, 6.45) is 1.09. The minimum absolute atomic E-state index is 0.0442. The summed E-state index contributed by atoms with van der Waals surface area (Å²) < 4.78 is 5.68. The number of amides is 1. The van der Waals surface area contributed by atoms with Crippen molar-refractivity contribution in [3.05, 3.63) is 36.1 Å². The molecule has 2 bridgehead atoms. The average Bonchev–Trinajstić information content (AvgIpc) is 3.02. The third-order valence-electron chi connectivity index (χ3n) is 4.24. The van der Waals surface area contributed by atoms with Crippen LogP contribution in [-0.4, -0.2) is 47.9 Å². The molecule has 4 heteroatoms. The fourth-order valence-corrected chi connectivity index (χ4v) is 3.20. The molecule has 0 N–H and O–H groups in total. The molecule has 4 nitrogen and oxygen atoms in total. The molecule has 4 rings (SSSR count). The maximum atomic E-state index is 12.6. The Morgan fingerprint density at radius 2 is 2.11 bits per heavy atom. The van der Waals surface area contributed by atoms with E-state index in [9.17, 15) is 4.79 Å². The second kappa shape index (κ2) is 4.10. The topological polar surface area (TPSA) is 36.7 Å². The van der Waals surface area contributed by atoms with Crippen molar-refractivity contribution in [2.45, 2.75) is 12.5 Å². The molecule has 2 aliphatic heterocycles. The van der Waals surface area contributed by atoms with Gasteiger partial charge in [0.25, 0.3) is 5.91 Å². The standard InChI is InChI=1S/C15H16N2O2/c18-15(17-8-7-16-6-5-12(17)10-16)14-9-11-3-1-2-4-13(11)19-14/h1-4,9,12H,5-8,10H2. The molecule has 2 saturated heterocycles. The van der Waals surface area contributed by atoms with Gasteiger partial charge in [0.2, 0.25) is 0 Å². The number of furan rings is 1. The number of nitrogens with zero attached hydrogens (tertiary/aromatic N) is 2. The molecule has 1 aromatic heterocycles. The first-order chi connectivity index (χ1) is 9.31. The Kier molecular flexibility index (Phi) is 2.38. The Labute approximate surface area is 111 Å². The SMILES string of the molecule is O=C(c1cc2ccccc2o1)N1CCN2CCC1C2. The minimum atomic E-state index is 0.0442. The highest BCUT2D eigenvalue weighted by Gasteiger charge is 2.36. The molecular formula is C15H16N2O2. The van der Waals surface area contributed by atoms with Crippen molar-refractivity contribution >= 4 is 16.9 Å². The van der Waals surface area contributed by atoms with Crippen molar-refractivity contribution in [2.75, 3.05) is 26.2 Å². The second-order valence-corrected chi connectivity index (χ2v) is 5.39. The quantitative estimate of drug-likeness (QED) is 0.782. The van der Waals surface area contributed by atoms with Crippen LogP contribution in [0.4, 0.5) is 0 Å². The maximum Gasteiger partial charge on any atom is 0.289 e. The van der Waals surface area contributed by atoms with Crippen molar-refractivity contribution in [2.24, 2.45) is 0 Å². The van der Waals surface area contributed by atoms with Gasteiger partial charge in [0.15, 0.2) is 5.76 Å². The van der Waals surface area contributed by atoms with Crippen LogP contribution >= 0.6 is 0 Å². The summed E-state index contributed by atoms with van der Waals surface area (Å²) in [5.74, 6) is 0.518. The van der Waals surface area contributed by atoms with E-state index in [0.717, 1.165) is 43.6 Å². The number of fused-ring (bicyclic) bond motifs is 3. The molecule has 2 fully saturated rings. The van der Waals surface area contributed by atoms with Crippen molar-refractivity contribution in [3.8, 4) is 0 Å². The Bertz CT molecular complexity index is 601. The van der Waals surface area contributed by atoms with Crippen molar-refractivity contribution < 1.29 is 9.21 Å². The van der Waals surface area contributed by atoms with E-state index in [4.69, 9.17) is 4.42 Å². The number of rotatable bonds is 1. The lowest BCUT2D eigenvalue weighted by Gasteiger charge is -2.33. The summed E-state index contributed by atoms with van der Waals surface area (Å²) in [7, 11) is 0. The molecule has 0 radical (unpaired) electrons. The molecule has 0 spiro atoms.